The van der Waals surface area contributed by atoms with Crippen molar-refractivity contribution in [3.63, 3.8) is 0 Å². The van der Waals surface area contributed by atoms with Crippen LogP contribution in [-0.4, -0.2) is 65.3 Å². The Morgan fingerprint density at radius 2 is 1.77 bits per heavy atom. The van der Waals surface area contributed by atoms with Gasteiger partial charge in [-0.3, -0.25) is 14.5 Å². The highest BCUT2D eigenvalue weighted by Crippen LogP contribution is 2.24. The molecule has 0 saturated carbocycles. The molecular weight excluding hydrogens is 380 g/mol. The summed E-state index contributed by atoms with van der Waals surface area (Å²) in [5.74, 6) is 0.0654. The number of benzene rings is 2. The van der Waals surface area contributed by atoms with Gasteiger partial charge in [-0.1, -0.05) is 35.5 Å². The maximum absolute atomic E-state index is 12.9. The maximum Gasteiger partial charge on any atom is 0.253 e. The van der Waals surface area contributed by atoms with Gasteiger partial charge in [0.1, 0.15) is 0 Å². The predicted octanol–water partition coefficient (Wildman–Crippen LogP) is 2.60. The third-order valence-corrected chi connectivity index (χ3v) is 5.80. The van der Waals surface area contributed by atoms with E-state index in [1.807, 2.05) is 47.4 Å². The zero-order chi connectivity index (χ0) is 20.9. The van der Waals surface area contributed by atoms with Crippen molar-refractivity contribution < 1.29 is 14.8 Å². The van der Waals surface area contributed by atoms with Crippen LogP contribution in [0.3, 0.4) is 0 Å². The molecule has 7 heteroatoms. The van der Waals surface area contributed by atoms with Crippen LogP contribution in [0, 0.1) is 0 Å². The number of hydrogen-bond donors (Lipinski definition) is 2. The van der Waals surface area contributed by atoms with Crippen LogP contribution in [0.25, 0.3) is 0 Å². The molecule has 0 spiro atoms. The molecule has 2 aromatic rings. The van der Waals surface area contributed by atoms with Crippen molar-refractivity contribution in [2.45, 2.75) is 19.3 Å². The van der Waals surface area contributed by atoms with Crippen molar-refractivity contribution in [2.24, 2.45) is 5.16 Å². The summed E-state index contributed by atoms with van der Waals surface area (Å²) in [6, 6.07) is 15.2. The topological polar surface area (TPSA) is 85.2 Å². The van der Waals surface area contributed by atoms with E-state index in [9.17, 15) is 14.8 Å². The Morgan fingerprint density at radius 3 is 2.50 bits per heavy atom. The fourth-order valence-electron chi connectivity index (χ4n) is 4.02. The van der Waals surface area contributed by atoms with Crippen LogP contribution in [0.4, 0.5) is 5.69 Å². The van der Waals surface area contributed by atoms with Gasteiger partial charge in [0.05, 0.1) is 5.71 Å². The first-order valence-corrected chi connectivity index (χ1v) is 10.3. The number of carbonyl (C=O) groups excluding carboxylic acids is 2. The highest BCUT2D eigenvalue weighted by atomic mass is 16.4. The third-order valence-electron chi connectivity index (χ3n) is 5.80. The van der Waals surface area contributed by atoms with E-state index in [0.29, 0.717) is 43.6 Å². The minimum atomic E-state index is 0.0272. The van der Waals surface area contributed by atoms with E-state index < -0.39 is 0 Å². The Morgan fingerprint density at radius 1 is 1.00 bits per heavy atom. The molecule has 2 amide bonds. The van der Waals surface area contributed by atoms with Gasteiger partial charge in [-0.15, -0.1) is 0 Å². The molecule has 2 heterocycles. The van der Waals surface area contributed by atoms with Crippen LogP contribution in [0.5, 0.6) is 0 Å². The summed E-state index contributed by atoms with van der Waals surface area (Å²) in [5.41, 5.74) is 4.12. The first kappa shape index (κ1) is 20.1. The quantitative estimate of drug-likeness (QED) is 0.454. The number of amides is 2. The van der Waals surface area contributed by atoms with Gasteiger partial charge in [-0.2, -0.15) is 0 Å². The molecule has 2 aromatic carbocycles. The normalized spacial score (nSPS) is 17.4. The molecule has 0 bridgehead atoms. The van der Waals surface area contributed by atoms with E-state index in [0.717, 1.165) is 36.4 Å². The van der Waals surface area contributed by atoms with E-state index >= 15 is 0 Å². The van der Waals surface area contributed by atoms with Gasteiger partial charge < -0.3 is 15.4 Å². The van der Waals surface area contributed by atoms with E-state index in [1.165, 1.54) is 0 Å². The lowest BCUT2D eigenvalue weighted by Gasteiger charge is -2.35. The second-order valence-electron chi connectivity index (χ2n) is 7.72. The van der Waals surface area contributed by atoms with Crippen molar-refractivity contribution in [1.29, 1.82) is 0 Å². The summed E-state index contributed by atoms with van der Waals surface area (Å²) in [7, 11) is 0. The van der Waals surface area contributed by atoms with E-state index in [-0.39, 0.29) is 11.8 Å². The summed E-state index contributed by atoms with van der Waals surface area (Å²) < 4.78 is 0. The number of fused-ring (bicyclic) bond motifs is 1. The van der Waals surface area contributed by atoms with Gasteiger partial charge in [-0.25, -0.2) is 0 Å². The molecular formula is C23H26N4O3. The van der Waals surface area contributed by atoms with Crippen molar-refractivity contribution in [2.75, 3.05) is 38.0 Å². The number of piperazine rings is 1. The Kier molecular flexibility index (Phi) is 6.09. The molecule has 156 valence electrons. The lowest BCUT2D eigenvalue weighted by atomic mass is 10.00. The van der Waals surface area contributed by atoms with Crippen molar-refractivity contribution >= 4 is 23.2 Å². The first-order chi connectivity index (χ1) is 14.6. The van der Waals surface area contributed by atoms with Gasteiger partial charge >= 0.3 is 0 Å². The van der Waals surface area contributed by atoms with Gasteiger partial charge in [0.25, 0.3) is 5.91 Å². The number of rotatable bonds is 5. The Bertz CT molecular complexity index is 950. The Balaban J connectivity index is 1.30. The zero-order valence-corrected chi connectivity index (χ0v) is 16.9. The summed E-state index contributed by atoms with van der Waals surface area (Å²) in [4.78, 5) is 28.6. The van der Waals surface area contributed by atoms with E-state index in [2.05, 4.69) is 15.4 Å². The maximum atomic E-state index is 12.9. The zero-order valence-electron chi connectivity index (χ0n) is 16.9. The molecule has 0 unspecified atom stereocenters. The average molecular weight is 406 g/mol. The molecule has 0 radical (unpaired) electrons. The molecule has 30 heavy (non-hydrogen) atoms. The number of nitrogens with one attached hydrogen (secondary N) is 1. The van der Waals surface area contributed by atoms with Crippen LogP contribution < -0.4 is 5.32 Å². The minimum absolute atomic E-state index is 0.0272. The smallest absolute Gasteiger partial charge is 0.253 e. The molecule has 1 saturated heterocycles. The van der Waals surface area contributed by atoms with E-state index in [1.54, 1.807) is 6.07 Å². The largest absolute Gasteiger partial charge is 0.411 e. The van der Waals surface area contributed by atoms with Crippen molar-refractivity contribution in [3.8, 4) is 0 Å². The van der Waals surface area contributed by atoms with Gasteiger partial charge in [0, 0.05) is 56.8 Å². The van der Waals surface area contributed by atoms with Crippen LogP contribution in [0.15, 0.2) is 53.7 Å². The monoisotopic (exact) mass is 406 g/mol. The minimum Gasteiger partial charge on any atom is -0.411 e. The standard InChI is InChI=1S/C23H26N4O3/c28-22-9-7-18-16-19(6-8-20(18)24-22)23(29)27-14-12-26(13-15-27)11-10-21(25-30)17-4-2-1-3-5-17/h1-6,8,16,30H,7,9-15H2,(H,24,28)/b25-21+. The van der Waals surface area contributed by atoms with Crippen LogP contribution >= 0.6 is 0 Å². The number of nitrogens with zero attached hydrogens (tertiary/aromatic N) is 3. The van der Waals surface area contributed by atoms with Crippen molar-refractivity contribution in [3.05, 3.63) is 65.2 Å². The highest BCUT2D eigenvalue weighted by molar-refractivity contribution is 6.00. The first-order valence-electron chi connectivity index (χ1n) is 10.3. The van der Waals surface area contributed by atoms with E-state index in [4.69, 9.17) is 0 Å². The Labute approximate surface area is 176 Å². The molecule has 2 aliphatic heterocycles. The van der Waals surface area contributed by atoms with Gasteiger partial charge in [-0.05, 0) is 35.7 Å². The molecule has 2 aliphatic rings. The molecule has 2 N–H and O–H groups in total. The highest BCUT2D eigenvalue weighted by Gasteiger charge is 2.24. The summed E-state index contributed by atoms with van der Waals surface area (Å²) in [6.07, 6.45) is 1.79. The number of oxime groups is 1. The Hall–Kier alpha value is -3.19. The lowest BCUT2D eigenvalue weighted by Crippen LogP contribution is -2.49. The number of anilines is 1. The van der Waals surface area contributed by atoms with Crippen LogP contribution in [-0.2, 0) is 11.2 Å². The predicted molar refractivity (Wildman–Crippen MR) is 115 cm³/mol. The van der Waals surface area contributed by atoms with Gasteiger partial charge in [0.15, 0.2) is 0 Å². The third kappa shape index (κ3) is 4.52. The molecule has 4 rings (SSSR count). The molecule has 1 fully saturated rings. The second-order valence-corrected chi connectivity index (χ2v) is 7.72. The SMILES string of the molecule is O=C1CCc2cc(C(=O)N3CCN(CC/C(=N\O)c4ccccc4)CC3)ccc2N1. The fraction of sp³-hybridized carbons (Fsp3) is 0.348. The van der Waals surface area contributed by atoms with Crippen LogP contribution in [0.1, 0.15) is 34.3 Å². The summed E-state index contributed by atoms with van der Waals surface area (Å²) in [6.45, 7) is 3.71. The average Bonchev–Trinajstić information content (AvgIpc) is 2.80. The van der Waals surface area contributed by atoms with Gasteiger partial charge in [0.2, 0.25) is 5.91 Å². The second kappa shape index (κ2) is 9.09. The number of aryl methyl sites for hydroxylation is 1. The summed E-state index contributed by atoms with van der Waals surface area (Å²) in [5, 5.41) is 15.7. The fourth-order valence-corrected chi connectivity index (χ4v) is 4.02. The van der Waals surface area contributed by atoms with Crippen LogP contribution in [0.2, 0.25) is 0 Å². The molecule has 0 aliphatic carbocycles. The molecule has 0 atom stereocenters. The number of hydrogen-bond acceptors (Lipinski definition) is 5. The molecule has 0 aromatic heterocycles. The lowest BCUT2D eigenvalue weighted by molar-refractivity contribution is -0.116. The summed E-state index contributed by atoms with van der Waals surface area (Å²) >= 11 is 0. The van der Waals surface area contributed by atoms with Crippen molar-refractivity contribution in [1.82, 2.24) is 9.80 Å². The molecule has 7 nitrogen and oxygen atoms in total. The number of carbonyl (C=O) groups is 2.